The highest BCUT2D eigenvalue weighted by atomic mass is 19.1. The van der Waals surface area contributed by atoms with Crippen LogP contribution in [0.5, 0.6) is 0 Å². The normalized spacial score (nSPS) is 12.5. The van der Waals surface area contributed by atoms with Crippen LogP contribution in [-0.2, 0) is 0 Å². The molecule has 1 nitrogen and oxygen atoms in total. The van der Waals surface area contributed by atoms with E-state index < -0.39 is 17.7 Å². The first-order valence-corrected chi connectivity index (χ1v) is 5.86. The van der Waals surface area contributed by atoms with Crippen LogP contribution in [0, 0.1) is 31.3 Å². The van der Waals surface area contributed by atoms with E-state index in [1.807, 2.05) is 0 Å². The molecule has 0 aromatic heterocycles. The van der Waals surface area contributed by atoms with Crippen molar-refractivity contribution in [3.05, 3.63) is 70.0 Å². The Balaban J connectivity index is 2.46. The molecule has 2 N–H and O–H groups in total. The van der Waals surface area contributed by atoms with Gasteiger partial charge in [-0.15, -0.1) is 0 Å². The Morgan fingerprint density at radius 3 is 1.68 bits per heavy atom. The lowest BCUT2D eigenvalue weighted by Crippen LogP contribution is -2.13. The van der Waals surface area contributed by atoms with E-state index in [9.17, 15) is 13.2 Å². The molecule has 1 unspecified atom stereocenters. The first-order chi connectivity index (χ1) is 8.88. The van der Waals surface area contributed by atoms with Crippen molar-refractivity contribution in [3.63, 3.8) is 0 Å². The van der Waals surface area contributed by atoms with Crippen molar-refractivity contribution in [3.8, 4) is 0 Å². The Morgan fingerprint density at radius 1 is 0.789 bits per heavy atom. The fourth-order valence-corrected chi connectivity index (χ4v) is 2.11. The van der Waals surface area contributed by atoms with Crippen LogP contribution in [0.4, 0.5) is 13.2 Å². The maximum atomic E-state index is 13.5. The highest BCUT2D eigenvalue weighted by molar-refractivity contribution is 5.37. The van der Waals surface area contributed by atoms with Gasteiger partial charge >= 0.3 is 0 Å². The molecule has 4 heteroatoms. The van der Waals surface area contributed by atoms with Gasteiger partial charge in [0.25, 0.3) is 0 Å². The van der Waals surface area contributed by atoms with Gasteiger partial charge in [-0.25, -0.2) is 13.2 Å². The van der Waals surface area contributed by atoms with E-state index in [1.165, 1.54) is 12.1 Å². The Bertz CT molecular complexity index is 580. The largest absolute Gasteiger partial charge is 0.320 e. The molecule has 0 bridgehead atoms. The molecule has 0 aliphatic heterocycles. The van der Waals surface area contributed by atoms with Crippen molar-refractivity contribution in [1.82, 2.24) is 0 Å². The van der Waals surface area contributed by atoms with E-state index in [4.69, 9.17) is 5.73 Å². The Hall–Kier alpha value is -1.81. The van der Waals surface area contributed by atoms with Crippen LogP contribution in [0.1, 0.15) is 28.3 Å². The predicted octanol–water partition coefficient (Wildman–Crippen LogP) is 3.77. The molecule has 0 radical (unpaired) electrons. The molecule has 2 aromatic rings. The van der Waals surface area contributed by atoms with Crippen LogP contribution < -0.4 is 5.73 Å². The summed E-state index contributed by atoms with van der Waals surface area (Å²) in [6, 6.07) is 5.65. The maximum absolute atomic E-state index is 13.5. The van der Waals surface area contributed by atoms with Crippen LogP contribution >= 0.6 is 0 Å². The number of aryl methyl sites for hydroxylation is 2. The molecular formula is C15H14F3N. The summed E-state index contributed by atoms with van der Waals surface area (Å²) in [5.74, 6) is -1.65. The lowest BCUT2D eigenvalue weighted by molar-refractivity contribution is 0.577. The topological polar surface area (TPSA) is 26.0 Å². The Morgan fingerprint density at radius 2 is 1.21 bits per heavy atom. The van der Waals surface area contributed by atoms with E-state index in [0.29, 0.717) is 22.3 Å². The lowest BCUT2D eigenvalue weighted by Gasteiger charge is -2.15. The smallest absolute Gasteiger partial charge is 0.129 e. The van der Waals surface area contributed by atoms with Crippen LogP contribution in [0.2, 0.25) is 0 Å². The summed E-state index contributed by atoms with van der Waals surface area (Å²) < 4.78 is 39.9. The lowest BCUT2D eigenvalue weighted by atomic mass is 9.96. The van der Waals surface area contributed by atoms with Crippen molar-refractivity contribution in [2.24, 2.45) is 5.73 Å². The quantitative estimate of drug-likeness (QED) is 0.878. The molecule has 100 valence electrons. The van der Waals surface area contributed by atoms with Crippen molar-refractivity contribution in [2.75, 3.05) is 0 Å². The second kappa shape index (κ2) is 5.05. The third-order valence-electron chi connectivity index (χ3n) is 3.06. The summed E-state index contributed by atoms with van der Waals surface area (Å²) >= 11 is 0. The van der Waals surface area contributed by atoms with Gasteiger partial charge in [-0.3, -0.25) is 0 Å². The first-order valence-electron chi connectivity index (χ1n) is 5.86. The van der Waals surface area contributed by atoms with Crippen molar-refractivity contribution in [1.29, 1.82) is 0 Å². The molecule has 2 rings (SSSR count). The van der Waals surface area contributed by atoms with Crippen LogP contribution in [-0.4, -0.2) is 0 Å². The van der Waals surface area contributed by atoms with Crippen LogP contribution in [0.15, 0.2) is 30.3 Å². The molecule has 0 aliphatic rings. The summed E-state index contributed by atoms with van der Waals surface area (Å²) in [5, 5.41) is 0. The van der Waals surface area contributed by atoms with E-state index in [2.05, 4.69) is 0 Å². The zero-order chi connectivity index (χ0) is 14.2. The molecule has 0 aliphatic carbocycles. The molecule has 0 spiro atoms. The van der Waals surface area contributed by atoms with Crippen molar-refractivity contribution in [2.45, 2.75) is 19.9 Å². The highest BCUT2D eigenvalue weighted by Crippen LogP contribution is 2.25. The standard InChI is InChI=1S/C15H14F3N/c1-8-3-10(4-9(2)14(8)18)15(19)11-5-12(16)7-13(17)6-11/h3-7,15H,19H2,1-2H3. The molecule has 0 saturated carbocycles. The fraction of sp³-hybridized carbons (Fsp3) is 0.200. The predicted molar refractivity (Wildman–Crippen MR) is 68.3 cm³/mol. The average molecular weight is 265 g/mol. The molecule has 0 heterocycles. The number of hydrogen-bond donors (Lipinski definition) is 1. The highest BCUT2D eigenvalue weighted by Gasteiger charge is 2.14. The molecule has 0 amide bonds. The zero-order valence-electron chi connectivity index (χ0n) is 10.7. The van der Waals surface area contributed by atoms with Gasteiger partial charge in [-0.2, -0.15) is 0 Å². The van der Waals surface area contributed by atoms with Gasteiger partial charge in [0.15, 0.2) is 0 Å². The minimum Gasteiger partial charge on any atom is -0.320 e. The number of nitrogens with two attached hydrogens (primary N) is 1. The number of benzene rings is 2. The molecule has 0 saturated heterocycles. The summed E-state index contributed by atoms with van der Waals surface area (Å²) in [7, 11) is 0. The minimum absolute atomic E-state index is 0.290. The molecule has 0 fully saturated rings. The summed E-state index contributed by atoms with van der Waals surface area (Å²) in [4.78, 5) is 0. The van der Waals surface area contributed by atoms with Crippen LogP contribution in [0.25, 0.3) is 0 Å². The zero-order valence-corrected chi connectivity index (χ0v) is 10.7. The maximum Gasteiger partial charge on any atom is 0.129 e. The van der Waals surface area contributed by atoms with Gasteiger partial charge in [0, 0.05) is 6.07 Å². The van der Waals surface area contributed by atoms with Crippen molar-refractivity contribution < 1.29 is 13.2 Å². The first kappa shape index (κ1) is 13.6. The molecular weight excluding hydrogens is 251 g/mol. The summed E-state index contributed by atoms with van der Waals surface area (Å²) in [5.41, 5.74) is 7.86. The van der Waals surface area contributed by atoms with Gasteiger partial charge in [-0.1, -0.05) is 12.1 Å². The fourth-order valence-electron chi connectivity index (χ4n) is 2.11. The second-order valence-corrected chi connectivity index (χ2v) is 4.65. The SMILES string of the molecule is Cc1cc(C(N)c2cc(F)cc(F)c2)cc(C)c1F. The third kappa shape index (κ3) is 2.79. The third-order valence-corrected chi connectivity index (χ3v) is 3.06. The van der Waals surface area contributed by atoms with Gasteiger partial charge < -0.3 is 5.73 Å². The van der Waals surface area contributed by atoms with Gasteiger partial charge in [0.1, 0.15) is 17.5 Å². The minimum atomic E-state index is -0.691. The number of halogens is 3. The number of hydrogen-bond acceptors (Lipinski definition) is 1. The monoisotopic (exact) mass is 265 g/mol. The number of rotatable bonds is 2. The van der Waals surface area contributed by atoms with E-state index in [1.54, 1.807) is 26.0 Å². The van der Waals surface area contributed by atoms with E-state index in [0.717, 1.165) is 6.07 Å². The summed E-state index contributed by atoms with van der Waals surface area (Å²) in [6.45, 7) is 3.26. The van der Waals surface area contributed by atoms with Gasteiger partial charge in [-0.05, 0) is 48.2 Å². The molecule has 19 heavy (non-hydrogen) atoms. The van der Waals surface area contributed by atoms with Crippen LogP contribution in [0.3, 0.4) is 0 Å². The van der Waals surface area contributed by atoms with Gasteiger partial charge in [0.2, 0.25) is 0 Å². The second-order valence-electron chi connectivity index (χ2n) is 4.65. The summed E-state index contributed by atoms with van der Waals surface area (Å²) in [6.07, 6.45) is 0. The Kier molecular flexibility index (Phi) is 3.62. The molecule has 1 atom stereocenters. The van der Waals surface area contributed by atoms with Crippen molar-refractivity contribution >= 4 is 0 Å². The van der Waals surface area contributed by atoms with E-state index in [-0.39, 0.29) is 5.82 Å². The molecule has 2 aromatic carbocycles. The average Bonchev–Trinajstić information content (AvgIpc) is 2.33. The van der Waals surface area contributed by atoms with E-state index >= 15 is 0 Å². The van der Waals surface area contributed by atoms with Gasteiger partial charge in [0.05, 0.1) is 6.04 Å². The Labute approximate surface area is 109 Å².